The zero-order valence-electron chi connectivity index (χ0n) is 36.4. The van der Waals surface area contributed by atoms with Crippen molar-refractivity contribution in [2.24, 2.45) is 10.9 Å². The van der Waals surface area contributed by atoms with Crippen molar-refractivity contribution < 1.29 is 4.42 Å². The normalized spacial score (nSPS) is 16.3. The molecule has 1 atom stereocenters. The largest absolute Gasteiger partial charge is 0.456 e. The van der Waals surface area contributed by atoms with Crippen molar-refractivity contribution in [2.75, 3.05) is 0 Å². The van der Waals surface area contributed by atoms with Crippen molar-refractivity contribution in [3.63, 3.8) is 0 Å². The second kappa shape index (κ2) is 14.4. The quantitative estimate of drug-likeness (QED) is 0.174. The van der Waals surface area contributed by atoms with Gasteiger partial charge in [-0.05, 0) is 121 Å². The molecule has 310 valence electrons. The van der Waals surface area contributed by atoms with Crippen LogP contribution in [0.2, 0.25) is 0 Å². The molecule has 3 nitrogen and oxygen atoms in total. The lowest BCUT2D eigenvalue weighted by Crippen LogP contribution is -2.16. The minimum atomic E-state index is 0.116. The fourth-order valence-corrected chi connectivity index (χ4v) is 11.1. The summed E-state index contributed by atoms with van der Waals surface area (Å²) >= 11 is 0. The third kappa shape index (κ3) is 5.73. The molecule has 2 bridgehead atoms. The maximum Gasteiger partial charge on any atom is 0.136 e. The molecular weight excluding hydrogens is 801 g/mol. The van der Waals surface area contributed by atoms with Gasteiger partial charge >= 0.3 is 0 Å². The number of aromatic nitrogens is 1. The summed E-state index contributed by atoms with van der Waals surface area (Å²) in [6.45, 7) is 2.35. The SMILES string of the molecule is CC1CC=C2/C(=C(/c3ccc(-c4ccccc4)cc3)N=C1c1ccc3ccccc3c1)Cc1ccc3c4cc5ccccc5cc4n(c3c1)-c1ccc3oc4cc5ccccc5cc4c3c12. The number of rotatable bonds is 3. The zero-order valence-corrected chi connectivity index (χ0v) is 36.4. The number of aliphatic imine (C=N–C) groups is 1. The molecule has 2 aliphatic rings. The van der Waals surface area contributed by atoms with E-state index in [-0.39, 0.29) is 5.92 Å². The number of furan rings is 1. The number of hydrogen-bond acceptors (Lipinski definition) is 2. The summed E-state index contributed by atoms with van der Waals surface area (Å²) in [6, 6.07) is 73.6. The van der Waals surface area contributed by atoms with E-state index >= 15 is 0 Å². The van der Waals surface area contributed by atoms with Gasteiger partial charge in [0.25, 0.3) is 0 Å². The molecule has 0 spiro atoms. The molecule has 66 heavy (non-hydrogen) atoms. The lowest BCUT2D eigenvalue weighted by Gasteiger charge is -2.25. The summed E-state index contributed by atoms with van der Waals surface area (Å²) in [6.07, 6.45) is 4.04. The lowest BCUT2D eigenvalue weighted by atomic mass is 9.83. The summed E-state index contributed by atoms with van der Waals surface area (Å²) in [4.78, 5) is 5.98. The molecule has 10 aromatic carbocycles. The molecule has 0 fully saturated rings. The summed E-state index contributed by atoms with van der Waals surface area (Å²) in [7, 11) is 0. The molecule has 0 radical (unpaired) electrons. The van der Waals surface area contributed by atoms with Gasteiger partial charge in [-0.15, -0.1) is 0 Å². The molecule has 0 saturated heterocycles. The highest BCUT2D eigenvalue weighted by atomic mass is 16.3. The molecular formula is C63H42N2O. The maximum absolute atomic E-state index is 6.93. The summed E-state index contributed by atoms with van der Waals surface area (Å²) in [5, 5.41) is 12.0. The van der Waals surface area contributed by atoms with Crippen LogP contribution in [0.15, 0.2) is 221 Å². The van der Waals surface area contributed by atoms with Crippen molar-refractivity contribution in [2.45, 2.75) is 19.8 Å². The average Bonchev–Trinajstić information content (AvgIpc) is 3.89. The van der Waals surface area contributed by atoms with E-state index in [1.54, 1.807) is 0 Å². The summed E-state index contributed by atoms with van der Waals surface area (Å²) in [5.74, 6) is 0.116. The van der Waals surface area contributed by atoms with Gasteiger partial charge in [-0.25, -0.2) is 0 Å². The molecule has 2 aromatic heterocycles. The van der Waals surface area contributed by atoms with E-state index in [1.807, 2.05) is 0 Å². The molecule has 1 unspecified atom stereocenters. The first-order chi connectivity index (χ1) is 32.6. The monoisotopic (exact) mass is 842 g/mol. The van der Waals surface area contributed by atoms with Crippen LogP contribution in [-0.4, -0.2) is 10.3 Å². The van der Waals surface area contributed by atoms with E-state index in [1.165, 1.54) is 87.5 Å². The molecule has 12 aromatic rings. The number of hydrogen-bond donors (Lipinski definition) is 0. The van der Waals surface area contributed by atoms with Crippen LogP contribution in [0.25, 0.3) is 104 Å². The van der Waals surface area contributed by atoms with Crippen LogP contribution in [-0.2, 0) is 6.42 Å². The van der Waals surface area contributed by atoms with E-state index in [4.69, 9.17) is 9.41 Å². The van der Waals surface area contributed by atoms with Gasteiger partial charge in [-0.1, -0.05) is 165 Å². The van der Waals surface area contributed by atoms with Gasteiger partial charge in [-0.3, -0.25) is 4.99 Å². The lowest BCUT2D eigenvalue weighted by molar-refractivity contribution is 0.669. The van der Waals surface area contributed by atoms with Gasteiger partial charge < -0.3 is 8.98 Å². The first-order valence-corrected chi connectivity index (χ1v) is 23.1. The van der Waals surface area contributed by atoms with E-state index in [2.05, 4.69) is 218 Å². The van der Waals surface area contributed by atoms with Crippen LogP contribution in [0.3, 0.4) is 0 Å². The van der Waals surface area contributed by atoms with Crippen molar-refractivity contribution >= 4 is 93.0 Å². The number of fused-ring (bicyclic) bond motifs is 15. The third-order valence-electron chi connectivity index (χ3n) is 14.4. The molecule has 3 heteroatoms. The second-order valence-corrected chi connectivity index (χ2v) is 18.3. The standard InChI is InChI=1S/C63H42N2O/c1-38-19-27-51-53(63(43-24-21-42(22-25-43)40-11-3-2-4-12-40)64-62(38)49-26-23-41-13-5-6-14-44(41)33-49)31-39-20-28-50-52-34-45-15-7-9-17-47(45)36-57(52)65(56(50)32-39)55-29-30-58-61(60(51)55)54-35-46-16-8-10-18-48(46)37-59(54)66-58/h2-18,20-30,32-38H,19,31H2,1H3/b51-27?,63-53-,64-62?. The Morgan fingerprint density at radius 2 is 1.11 bits per heavy atom. The van der Waals surface area contributed by atoms with E-state index in [0.717, 1.165) is 56.6 Å². The molecule has 4 heterocycles. The van der Waals surface area contributed by atoms with E-state index in [9.17, 15) is 0 Å². The smallest absolute Gasteiger partial charge is 0.136 e. The molecule has 0 aliphatic carbocycles. The fraction of sp³-hybridized carbons (Fsp3) is 0.0635. The second-order valence-electron chi connectivity index (χ2n) is 18.3. The molecule has 2 aliphatic heterocycles. The van der Waals surface area contributed by atoms with Gasteiger partial charge in [-0.2, -0.15) is 0 Å². The van der Waals surface area contributed by atoms with Gasteiger partial charge in [0.15, 0.2) is 0 Å². The molecule has 14 rings (SSSR count). The highest BCUT2D eigenvalue weighted by Gasteiger charge is 2.30. The predicted octanol–water partition coefficient (Wildman–Crippen LogP) is 16.7. The van der Waals surface area contributed by atoms with Crippen molar-refractivity contribution in [3.8, 4) is 16.8 Å². The third-order valence-corrected chi connectivity index (χ3v) is 14.4. The number of allylic oxidation sites excluding steroid dienone is 3. The Balaban J connectivity index is 1.13. The Morgan fingerprint density at radius 1 is 0.485 bits per heavy atom. The van der Waals surface area contributed by atoms with Crippen LogP contribution in [0.1, 0.15) is 35.6 Å². The Morgan fingerprint density at radius 3 is 1.88 bits per heavy atom. The molecule has 0 amide bonds. The Bertz CT molecular complexity index is 4100. The molecule has 0 saturated carbocycles. The van der Waals surface area contributed by atoms with Gasteiger partial charge in [0, 0.05) is 45.0 Å². The number of benzene rings is 10. The van der Waals surface area contributed by atoms with Crippen LogP contribution < -0.4 is 0 Å². The van der Waals surface area contributed by atoms with Crippen LogP contribution >= 0.6 is 0 Å². The topological polar surface area (TPSA) is 30.4 Å². The highest BCUT2D eigenvalue weighted by molar-refractivity contribution is 6.20. The Hall–Kier alpha value is -8.27. The Labute approximate surface area is 381 Å². The van der Waals surface area contributed by atoms with Crippen molar-refractivity contribution in [1.29, 1.82) is 0 Å². The fourth-order valence-electron chi connectivity index (χ4n) is 11.1. The van der Waals surface area contributed by atoms with E-state index < -0.39 is 0 Å². The highest BCUT2D eigenvalue weighted by Crippen LogP contribution is 2.48. The minimum absolute atomic E-state index is 0.116. The predicted molar refractivity (Wildman–Crippen MR) is 278 cm³/mol. The first-order valence-electron chi connectivity index (χ1n) is 23.1. The van der Waals surface area contributed by atoms with Crippen molar-refractivity contribution in [1.82, 2.24) is 4.57 Å². The van der Waals surface area contributed by atoms with Crippen molar-refractivity contribution in [3.05, 3.63) is 234 Å². The van der Waals surface area contributed by atoms with Gasteiger partial charge in [0.1, 0.15) is 11.2 Å². The maximum atomic E-state index is 6.93. The summed E-state index contributed by atoms with van der Waals surface area (Å²) in [5.41, 5.74) is 16.9. The van der Waals surface area contributed by atoms with Gasteiger partial charge in [0.2, 0.25) is 0 Å². The van der Waals surface area contributed by atoms with Crippen LogP contribution in [0, 0.1) is 5.92 Å². The Kier molecular flexibility index (Phi) is 8.09. The summed E-state index contributed by atoms with van der Waals surface area (Å²) < 4.78 is 9.47. The minimum Gasteiger partial charge on any atom is -0.456 e. The zero-order chi connectivity index (χ0) is 43.5. The average molecular weight is 843 g/mol. The molecule has 0 N–H and O–H groups in total. The van der Waals surface area contributed by atoms with Crippen LogP contribution in [0.4, 0.5) is 0 Å². The first kappa shape index (κ1) is 37.1. The van der Waals surface area contributed by atoms with Gasteiger partial charge in [0.05, 0.1) is 28.1 Å². The van der Waals surface area contributed by atoms with E-state index in [0.29, 0.717) is 6.42 Å². The van der Waals surface area contributed by atoms with Crippen LogP contribution in [0.5, 0.6) is 0 Å². The number of nitrogens with zero attached hydrogens (tertiary/aromatic N) is 2.